The smallest absolute Gasteiger partial charge is 0.285 e. The minimum Gasteiger partial charge on any atom is -0.285 e. The summed E-state index contributed by atoms with van der Waals surface area (Å²) in [5, 5.41) is 8.32. The van der Waals surface area contributed by atoms with E-state index in [4.69, 9.17) is 9.95 Å². The van der Waals surface area contributed by atoms with E-state index in [2.05, 4.69) is 4.98 Å². The topological polar surface area (TPSA) is 82.5 Å². The third kappa shape index (κ3) is 3.19. The Kier molecular flexibility index (Phi) is 2.60. The van der Waals surface area contributed by atoms with Crippen molar-refractivity contribution in [3.05, 3.63) is 34.8 Å². The Labute approximate surface area is 75.4 Å². The number of nitrogens with zero attached hydrogens (tertiary/aromatic N) is 2. The van der Waals surface area contributed by atoms with Gasteiger partial charge < -0.3 is 0 Å². The number of rotatable bonds is 2. The van der Waals surface area contributed by atoms with Gasteiger partial charge in [-0.05, 0) is 17.7 Å². The highest BCUT2D eigenvalue weighted by Crippen LogP contribution is 2.13. The van der Waals surface area contributed by atoms with Crippen LogP contribution in [0.25, 0.3) is 4.98 Å². The molecule has 0 spiro atoms. The fourth-order valence-electron chi connectivity index (χ4n) is 0.869. The molecule has 0 fully saturated rings. The third-order valence-corrected chi connectivity index (χ3v) is 2.10. The Bertz CT molecular complexity index is 430. The summed E-state index contributed by atoms with van der Waals surface area (Å²) in [6.45, 7) is 0. The maximum Gasteiger partial charge on any atom is 0.385 e. The molecule has 1 N–H and O–H groups in total. The van der Waals surface area contributed by atoms with Crippen LogP contribution in [0.2, 0.25) is 0 Å². The van der Waals surface area contributed by atoms with E-state index in [1.165, 1.54) is 24.3 Å². The lowest BCUT2D eigenvalue weighted by atomic mass is 10.2. The van der Waals surface area contributed by atoms with Gasteiger partial charge in [-0.15, -0.1) is 0 Å². The zero-order valence-corrected chi connectivity index (χ0v) is 7.40. The van der Waals surface area contributed by atoms with Crippen molar-refractivity contribution in [2.24, 2.45) is 0 Å². The van der Waals surface area contributed by atoms with Gasteiger partial charge in [0.15, 0.2) is 4.98 Å². The monoisotopic (exact) mass is 199 g/mol. The quantitative estimate of drug-likeness (QED) is 0.578. The molecule has 0 aromatic heterocycles. The molecule has 5 nitrogen and oxygen atoms in total. The van der Waals surface area contributed by atoms with Crippen LogP contribution in [-0.4, -0.2) is 13.0 Å². The van der Waals surface area contributed by atoms with E-state index < -0.39 is 15.9 Å². The molecule has 0 saturated heterocycles. The summed E-state index contributed by atoms with van der Waals surface area (Å²) in [5.74, 6) is -0.432. The Hall–Kier alpha value is -1.45. The van der Waals surface area contributed by atoms with Gasteiger partial charge in [-0.25, -0.2) is 0 Å². The first kappa shape index (κ1) is 9.64. The first-order valence-electron chi connectivity index (χ1n) is 3.40. The van der Waals surface area contributed by atoms with Gasteiger partial charge >= 0.3 is 5.69 Å². The molecular formula is C7H7N2O3S+. The summed E-state index contributed by atoms with van der Waals surface area (Å²) < 4.78 is 29.4. The fourth-order valence-corrected chi connectivity index (χ4v) is 1.48. The standard InChI is InChI=1S/C7H6N2O3S/c8-9-7-3-1-6(2-4-7)5-13(10,11)12/h1-4H,5H2/p+1. The predicted octanol–water partition coefficient (Wildman–Crippen LogP) is 1.56. The molecule has 0 bridgehead atoms. The van der Waals surface area contributed by atoms with Crippen LogP contribution in [0, 0.1) is 5.39 Å². The average Bonchev–Trinajstić information content (AvgIpc) is 2.03. The molecule has 0 aliphatic carbocycles. The van der Waals surface area contributed by atoms with Crippen molar-refractivity contribution in [2.75, 3.05) is 0 Å². The van der Waals surface area contributed by atoms with Crippen molar-refractivity contribution in [3.8, 4) is 0 Å². The van der Waals surface area contributed by atoms with Crippen molar-refractivity contribution in [3.63, 3.8) is 0 Å². The van der Waals surface area contributed by atoms with Crippen molar-refractivity contribution in [1.82, 2.24) is 0 Å². The van der Waals surface area contributed by atoms with Crippen molar-refractivity contribution >= 4 is 15.8 Å². The molecule has 0 heterocycles. The highest BCUT2D eigenvalue weighted by atomic mass is 32.2. The minimum atomic E-state index is -3.99. The van der Waals surface area contributed by atoms with Gasteiger partial charge in [0.2, 0.25) is 5.39 Å². The molecule has 13 heavy (non-hydrogen) atoms. The lowest BCUT2D eigenvalue weighted by Crippen LogP contribution is -2.00. The van der Waals surface area contributed by atoms with Gasteiger partial charge in [0.25, 0.3) is 10.1 Å². The molecule has 0 radical (unpaired) electrons. The largest absolute Gasteiger partial charge is 0.385 e. The molecule has 68 valence electrons. The fraction of sp³-hybridized carbons (Fsp3) is 0.143. The van der Waals surface area contributed by atoms with Crippen LogP contribution in [0.4, 0.5) is 5.69 Å². The van der Waals surface area contributed by atoms with Crippen molar-refractivity contribution in [2.45, 2.75) is 5.75 Å². The highest BCUT2D eigenvalue weighted by Gasteiger charge is 2.08. The van der Waals surface area contributed by atoms with E-state index in [1.807, 2.05) is 0 Å². The van der Waals surface area contributed by atoms with E-state index >= 15 is 0 Å². The molecule has 1 aromatic carbocycles. The number of benzene rings is 1. The summed E-state index contributed by atoms with van der Waals surface area (Å²) in [7, 11) is -3.99. The number of diazo groups is 1. The van der Waals surface area contributed by atoms with Gasteiger partial charge in [0, 0.05) is 12.1 Å². The predicted molar refractivity (Wildman–Crippen MR) is 46.4 cm³/mol. The van der Waals surface area contributed by atoms with E-state index in [1.54, 1.807) is 0 Å². The zero-order chi connectivity index (χ0) is 9.90. The summed E-state index contributed by atoms with van der Waals surface area (Å²) in [6.07, 6.45) is 0. The molecule has 0 aliphatic heterocycles. The molecular weight excluding hydrogens is 192 g/mol. The molecule has 0 unspecified atom stereocenters. The van der Waals surface area contributed by atoms with E-state index in [9.17, 15) is 8.42 Å². The molecule has 0 saturated carbocycles. The maximum absolute atomic E-state index is 10.4. The Morgan fingerprint density at radius 1 is 1.31 bits per heavy atom. The van der Waals surface area contributed by atoms with Crippen LogP contribution in [-0.2, 0) is 15.9 Å². The second-order valence-electron chi connectivity index (χ2n) is 2.49. The minimum absolute atomic E-state index is 0.332. The molecule has 0 atom stereocenters. The van der Waals surface area contributed by atoms with Crippen LogP contribution >= 0.6 is 0 Å². The first-order chi connectivity index (χ1) is 6.01. The Morgan fingerprint density at radius 3 is 2.23 bits per heavy atom. The second kappa shape index (κ2) is 3.51. The van der Waals surface area contributed by atoms with Crippen LogP contribution in [0.3, 0.4) is 0 Å². The van der Waals surface area contributed by atoms with E-state index in [0.717, 1.165) is 0 Å². The second-order valence-corrected chi connectivity index (χ2v) is 3.95. The molecule has 6 heteroatoms. The molecule has 0 aliphatic rings. The van der Waals surface area contributed by atoms with Crippen molar-refractivity contribution in [1.29, 1.82) is 5.39 Å². The van der Waals surface area contributed by atoms with Gasteiger partial charge in [-0.3, -0.25) is 4.55 Å². The summed E-state index contributed by atoms with van der Waals surface area (Å²) in [6, 6.07) is 5.81. The van der Waals surface area contributed by atoms with Crippen LogP contribution in [0.5, 0.6) is 0 Å². The number of hydrogen-bond acceptors (Lipinski definition) is 3. The zero-order valence-electron chi connectivity index (χ0n) is 6.58. The molecule has 1 rings (SSSR count). The van der Waals surface area contributed by atoms with Crippen molar-refractivity contribution < 1.29 is 13.0 Å². The van der Waals surface area contributed by atoms with Crippen LogP contribution < -0.4 is 0 Å². The first-order valence-corrected chi connectivity index (χ1v) is 5.01. The van der Waals surface area contributed by atoms with Crippen LogP contribution in [0.15, 0.2) is 24.3 Å². The lowest BCUT2D eigenvalue weighted by Gasteiger charge is -1.94. The SMILES string of the molecule is N#[N+]c1ccc(CS(=O)(=O)O)cc1. The highest BCUT2D eigenvalue weighted by molar-refractivity contribution is 7.85. The lowest BCUT2D eigenvalue weighted by molar-refractivity contribution is 0.482. The van der Waals surface area contributed by atoms with Crippen LogP contribution in [0.1, 0.15) is 5.56 Å². The Balaban J connectivity index is 2.89. The van der Waals surface area contributed by atoms with E-state index in [0.29, 0.717) is 11.3 Å². The van der Waals surface area contributed by atoms with Gasteiger partial charge in [-0.2, -0.15) is 8.42 Å². The average molecular weight is 199 g/mol. The molecule has 0 amide bonds. The third-order valence-electron chi connectivity index (χ3n) is 1.40. The van der Waals surface area contributed by atoms with Gasteiger partial charge in [0.05, 0.1) is 0 Å². The molecule has 1 aromatic rings. The Morgan fingerprint density at radius 2 is 1.85 bits per heavy atom. The summed E-state index contributed by atoms with van der Waals surface area (Å²) in [4.78, 5) is 2.90. The van der Waals surface area contributed by atoms with E-state index in [-0.39, 0.29) is 0 Å². The van der Waals surface area contributed by atoms with Gasteiger partial charge in [-0.1, -0.05) is 0 Å². The maximum atomic E-state index is 10.4. The van der Waals surface area contributed by atoms with Gasteiger partial charge in [0.1, 0.15) is 5.75 Å². The normalized spacial score (nSPS) is 10.8. The number of hydrogen-bond donors (Lipinski definition) is 1. The summed E-state index contributed by atoms with van der Waals surface area (Å²) in [5.41, 5.74) is 0.772. The summed E-state index contributed by atoms with van der Waals surface area (Å²) >= 11 is 0.